The fourth-order valence-corrected chi connectivity index (χ4v) is 6.74. The van der Waals surface area contributed by atoms with Gasteiger partial charge in [0.15, 0.2) is 11.5 Å². The van der Waals surface area contributed by atoms with Gasteiger partial charge in [0.25, 0.3) is 11.1 Å². The number of ether oxygens (including phenoxy) is 2. The number of hydrogen-bond acceptors (Lipinski definition) is 4. The lowest BCUT2D eigenvalue weighted by Gasteiger charge is -2.21. The summed E-state index contributed by atoms with van der Waals surface area (Å²) in [6.45, 7) is 4.17. The first-order valence-corrected chi connectivity index (χ1v) is 16.2. The van der Waals surface area contributed by atoms with E-state index in [0.29, 0.717) is 49.6 Å². The average Bonchev–Trinajstić information content (AvgIpc) is 3.60. The molecule has 6 rings (SSSR count). The van der Waals surface area contributed by atoms with E-state index >= 15 is 0 Å². The Bertz CT molecular complexity index is 2050. The molecular formula is C35H29Cl2IN4O4. The molecule has 0 aliphatic heterocycles. The van der Waals surface area contributed by atoms with E-state index < -0.39 is 5.92 Å². The average molecular weight is 767 g/mol. The molecule has 0 unspecified atom stereocenters. The van der Waals surface area contributed by atoms with Crippen molar-refractivity contribution in [2.45, 2.75) is 26.4 Å². The summed E-state index contributed by atoms with van der Waals surface area (Å²) < 4.78 is 12.8. The van der Waals surface area contributed by atoms with Crippen LogP contribution in [0.5, 0.6) is 11.5 Å². The maximum atomic E-state index is 13.7. The first-order valence-electron chi connectivity index (χ1n) is 14.3. The highest BCUT2D eigenvalue weighted by Crippen LogP contribution is 2.43. The van der Waals surface area contributed by atoms with Crippen molar-refractivity contribution in [1.29, 1.82) is 0 Å². The minimum atomic E-state index is -0.806. The first kappa shape index (κ1) is 31.8. The lowest BCUT2D eigenvalue weighted by Crippen LogP contribution is -2.20. The van der Waals surface area contributed by atoms with Crippen molar-refractivity contribution in [2.75, 3.05) is 7.11 Å². The molecule has 2 aromatic heterocycles. The minimum Gasteiger partial charge on any atom is -0.493 e. The van der Waals surface area contributed by atoms with Gasteiger partial charge in [-0.3, -0.25) is 30.0 Å². The smallest absolute Gasteiger partial charge is 0.268 e. The predicted octanol–water partition coefficient (Wildman–Crippen LogP) is 8.35. The fourth-order valence-electron chi connectivity index (χ4n) is 5.49. The summed E-state index contributed by atoms with van der Waals surface area (Å²) in [7, 11) is 1.55. The number of nitrogens with one attached hydrogen (secondary N) is 4. The molecule has 0 spiro atoms. The highest BCUT2D eigenvalue weighted by Gasteiger charge is 2.32. The normalized spacial score (nSPS) is 11.3. The SMILES string of the molecule is COc1cc(C(c2c(-c3ccc(C)cc3)[nH][nH]c2=O)c2c(-c3ccc(C)cc3)[nH][nH]c2=O)cc(I)c1OCc1ccc(Cl)cc1Cl. The topological polar surface area (TPSA) is 116 Å². The van der Waals surface area contributed by atoms with Crippen molar-refractivity contribution < 1.29 is 9.47 Å². The van der Waals surface area contributed by atoms with Crippen molar-refractivity contribution in [3.8, 4) is 34.0 Å². The second-order valence-electron chi connectivity index (χ2n) is 11.0. The van der Waals surface area contributed by atoms with Gasteiger partial charge in [0.1, 0.15) is 6.61 Å². The number of rotatable bonds is 9. The first-order chi connectivity index (χ1) is 22.1. The molecular weight excluding hydrogens is 738 g/mol. The molecule has 4 aromatic carbocycles. The quantitative estimate of drug-likeness (QED) is 0.111. The second-order valence-corrected chi connectivity index (χ2v) is 13.0. The molecule has 0 fully saturated rings. The maximum absolute atomic E-state index is 13.7. The van der Waals surface area contributed by atoms with Gasteiger partial charge >= 0.3 is 0 Å². The van der Waals surface area contributed by atoms with Gasteiger partial charge in [-0.2, -0.15) is 0 Å². The largest absolute Gasteiger partial charge is 0.493 e. The van der Waals surface area contributed by atoms with E-state index in [1.54, 1.807) is 19.2 Å². The number of halogens is 3. The number of hydrogen-bond donors (Lipinski definition) is 4. The van der Waals surface area contributed by atoms with Gasteiger partial charge in [-0.05, 0) is 77.4 Å². The molecule has 0 saturated heterocycles. The Labute approximate surface area is 288 Å². The second kappa shape index (κ2) is 13.3. The van der Waals surface area contributed by atoms with Crippen LogP contribution >= 0.6 is 45.8 Å². The fraction of sp³-hybridized carbons (Fsp3) is 0.143. The molecule has 0 radical (unpaired) electrons. The Hall–Kier alpha value is -4.19. The van der Waals surface area contributed by atoms with Gasteiger partial charge in [0.2, 0.25) is 0 Å². The van der Waals surface area contributed by atoms with Crippen molar-refractivity contribution in [1.82, 2.24) is 20.4 Å². The van der Waals surface area contributed by atoms with E-state index in [-0.39, 0.29) is 17.7 Å². The maximum Gasteiger partial charge on any atom is 0.268 e. The molecule has 0 aliphatic rings. The number of aromatic amines is 4. The van der Waals surface area contributed by atoms with Crippen LogP contribution in [0.15, 0.2) is 88.5 Å². The Balaban J connectivity index is 1.54. The third-order valence-electron chi connectivity index (χ3n) is 7.86. The van der Waals surface area contributed by atoms with E-state index in [2.05, 4.69) is 43.0 Å². The van der Waals surface area contributed by atoms with Crippen molar-refractivity contribution in [2.24, 2.45) is 0 Å². The van der Waals surface area contributed by atoms with Crippen LogP contribution in [0.4, 0.5) is 0 Å². The molecule has 11 heteroatoms. The lowest BCUT2D eigenvalue weighted by molar-refractivity contribution is 0.282. The Morgan fingerprint density at radius 3 is 1.78 bits per heavy atom. The Morgan fingerprint density at radius 2 is 1.28 bits per heavy atom. The van der Waals surface area contributed by atoms with Crippen LogP contribution in [-0.4, -0.2) is 27.5 Å². The number of benzene rings is 4. The van der Waals surface area contributed by atoms with E-state index in [0.717, 1.165) is 31.4 Å². The molecule has 234 valence electrons. The molecule has 2 heterocycles. The molecule has 46 heavy (non-hydrogen) atoms. The minimum absolute atomic E-state index is 0.176. The summed E-state index contributed by atoms with van der Waals surface area (Å²) in [5.41, 5.74) is 6.44. The van der Waals surface area contributed by atoms with Crippen molar-refractivity contribution >= 4 is 45.8 Å². The van der Waals surface area contributed by atoms with Crippen LogP contribution in [0.25, 0.3) is 22.5 Å². The number of aromatic nitrogens is 4. The van der Waals surface area contributed by atoms with Crippen molar-refractivity contribution in [3.05, 3.63) is 147 Å². The molecule has 0 atom stereocenters. The van der Waals surface area contributed by atoms with Gasteiger partial charge in [-0.25, -0.2) is 0 Å². The van der Waals surface area contributed by atoms with Crippen LogP contribution in [0.2, 0.25) is 10.0 Å². The highest BCUT2D eigenvalue weighted by molar-refractivity contribution is 14.1. The Kier molecular flexibility index (Phi) is 9.17. The summed E-state index contributed by atoms with van der Waals surface area (Å²) in [4.78, 5) is 27.5. The Morgan fingerprint density at radius 1 is 0.739 bits per heavy atom. The number of aryl methyl sites for hydroxylation is 2. The molecule has 6 aromatic rings. The zero-order chi connectivity index (χ0) is 32.5. The third-order valence-corrected chi connectivity index (χ3v) is 9.25. The van der Waals surface area contributed by atoms with E-state index in [1.165, 1.54) is 0 Å². The molecule has 0 amide bonds. The van der Waals surface area contributed by atoms with E-state index in [1.807, 2.05) is 80.6 Å². The predicted molar refractivity (Wildman–Crippen MR) is 191 cm³/mol. The molecule has 0 aliphatic carbocycles. The number of methoxy groups -OCH3 is 1. The summed E-state index contributed by atoms with van der Waals surface area (Å²) in [5.74, 6) is 0.129. The summed E-state index contributed by atoms with van der Waals surface area (Å²) in [5, 5.41) is 12.7. The lowest BCUT2D eigenvalue weighted by atomic mass is 9.83. The van der Waals surface area contributed by atoms with Crippen LogP contribution in [0.3, 0.4) is 0 Å². The molecule has 0 bridgehead atoms. The van der Waals surface area contributed by atoms with Crippen LogP contribution in [-0.2, 0) is 6.61 Å². The zero-order valence-electron chi connectivity index (χ0n) is 25.1. The van der Waals surface area contributed by atoms with Gasteiger partial charge in [0.05, 0.1) is 33.2 Å². The molecule has 4 N–H and O–H groups in total. The van der Waals surface area contributed by atoms with Crippen LogP contribution < -0.4 is 20.6 Å². The standard InChI is InChI=1S/C35H29Cl2IN4O4/c1-18-4-8-20(9-5-18)31-29(34(43)41-39-31)28(30-32(40-42-35(30)44)21-10-6-19(2)7-11-21)23-14-26(38)33(27(15-23)45-3)46-17-22-12-13-24(36)16-25(22)37/h4-16,28H,17H2,1-3H3,(H2,39,41,43)(H2,40,42,44). The van der Waals surface area contributed by atoms with Gasteiger partial charge in [0, 0.05) is 21.5 Å². The molecule has 0 saturated carbocycles. The summed E-state index contributed by atoms with van der Waals surface area (Å²) in [6, 6.07) is 24.6. The van der Waals surface area contributed by atoms with E-state index in [4.69, 9.17) is 32.7 Å². The van der Waals surface area contributed by atoms with Gasteiger partial charge < -0.3 is 9.47 Å². The summed E-state index contributed by atoms with van der Waals surface area (Å²) in [6.07, 6.45) is 0. The van der Waals surface area contributed by atoms with E-state index in [9.17, 15) is 9.59 Å². The number of H-pyrrole nitrogens is 4. The zero-order valence-corrected chi connectivity index (χ0v) is 28.7. The van der Waals surface area contributed by atoms with Gasteiger partial charge in [-0.1, -0.05) is 88.9 Å². The van der Waals surface area contributed by atoms with Crippen LogP contribution in [0.1, 0.15) is 39.3 Å². The van der Waals surface area contributed by atoms with Crippen LogP contribution in [0, 0.1) is 17.4 Å². The summed E-state index contributed by atoms with van der Waals surface area (Å²) >= 11 is 14.7. The highest BCUT2D eigenvalue weighted by atomic mass is 127. The monoisotopic (exact) mass is 766 g/mol. The molecule has 8 nitrogen and oxygen atoms in total. The van der Waals surface area contributed by atoms with Crippen molar-refractivity contribution in [3.63, 3.8) is 0 Å². The third kappa shape index (κ3) is 6.27. The van der Waals surface area contributed by atoms with Gasteiger partial charge in [-0.15, -0.1) is 0 Å².